The molecule has 0 amide bonds. The van der Waals surface area contributed by atoms with Crippen LogP contribution in [0.1, 0.15) is 0 Å². The first-order valence-corrected chi connectivity index (χ1v) is 6.30. The van der Waals surface area contributed by atoms with Gasteiger partial charge < -0.3 is 23.1 Å². The third-order valence-corrected chi connectivity index (χ3v) is 2.61. The van der Waals surface area contributed by atoms with Crippen LogP contribution in [0, 0.1) is 0 Å². The SMILES string of the molecule is COCCN(CCOC)CCS([O-])(O)O.[Na+]. The van der Waals surface area contributed by atoms with Gasteiger partial charge in [0.25, 0.3) is 0 Å². The molecule has 0 aliphatic heterocycles. The first-order valence-electron chi connectivity index (χ1n) is 4.66. The van der Waals surface area contributed by atoms with Gasteiger partial charge >= 0.3 is 29.6 Å². The molecule has 2 N–H and O–H groups in total. The molecule has 0 fully saturated rings. The molecule has 0 aromatic carbocycles. The monoisotopic (exact) mass is 265 g/mol. The third-order valence-electron chi connectivity index (χ3n) is 1.90. The molecule has 0 aromatic rings. The van der Waals surface area contributed by atoms with E-state index in [1.54, 1.807) is 14.2 Å². The summed E-state index contributed by atoms with van der Waals surface area (Å²) in [6, 6.07) is 0. The molecule has 8 heteroatoms. The van der Waals surface area contributed by atoms with E-state index in [2.05, 4.69) is 0 Å². The summed E-state index contributed by atoms with van der Waals surface area (Å²) in [7, 11) is -0.457. The minimum atomic E-state index is -3.64. The molecule has 0 rings (SSSR count). The van der Waals surface area contributed by atoms with Crippen molar-refractivity contribution in [1.82, 2.24) is 4.90 Å². The van der Waals surface area contributed by atoms with Crippen molar-refractivity contribution in [3.8, 4) is 0 Å². The van der Waals surface area contributed by atoms with Gasteiger partial charge in [-0.1, -0.05) is 0 Å². The van der Waals surface area contributed by atoms with E-state index >= 15 is 0 Å². The van der Waals surface area contributed by atoms with Crippen molar-refractivity contribution < 1.29 is 52.7 Å². The van der Waals surface area contributed by atoms with E-state index in [0.29, 0.717) is 32.8 Å². The van der Waals surface area contributed by atoms with Crippen molar-refractivity contribution in [2.45, 2.75) is 0 Å². The Labute approximate surface area is 121 Å². The second-order valence-corrected chi connectivity index (χ2v) is 4.76. The van der Waals surface area contributed by atoms with E-state index in [1.165, 1.54) is 0 Å². The molecular formula is C8H20NNaO5S. The van der Waals surface area contributed by atoms with Crippen molar-refractivity contribution in [2.24, 2.45) is 0 Å². The summed E-state index contributed by atoms with van der Waals surface area (Å²) in [5.74, 6) is -0.152. The van der Waals surface area contributed by atoms with Gasteiger partial charge in [0, 0.05) is 39.6 Å². The fourth-order valence-electron chi connectivity index (χ4n) is 1.02. The number of hydrogen-bond acceptors (Lipinski definition) is 6. The molecule has 0 saturated heterocycles. The Hall–Kier alpha value is 1.11. The Morgan fingerprint density at radius 1 is 1.06 bits per heavy atom. The summed E-state index contributed by atoms with van der Waals surface area (Å²) in [6.07, 6.45) is 0. The van der Waals surface area contributed by atoms with Gasteiger partial charge in [0.1, 0.15) is 0 Å². The zero-order valence-corrected chi connectivity index (χ0v) is 13.0. The minimum absolute atomic E-state index is 0. The Kier molecular flexibility index (Phi) is 13.6. The van der Waals surface area contributed by atoms with Gasteiger partial charge in [-0.05, 0) is 0 Å². The van der Waals surface area contributed by atoms with Crippen molar-refractivity contribution in [3.63, 3.8) is 0 Å². The van der Waals surface area contributed by atoms with Crippen LogP contribution in [0.5, 0.6) is 0 Å². The molecule has 94 valence electrons. The normalized spacial score (nSPS) is 12.6. The molecule has 6 nitrogen and oxygen atoms in total. The average molecular weight is 265 g/mol. The van der Waals surface area contributed by atoms with E-state index in [1.807, 2.05) is 4.90 Å². The van der Waals surface area contributed by atoms with E-state index in [-0.39, 0.29) is 35.3 Å². The molecule has 0 saturated carbocycles. The van der Waals surface area contributed by atoms with E-state index in [9.17, 15) is 4.55 Å². The van der Waals surface area contributed by atoms with Gasteiger partial charge in [0.2, 0.25) is 0 Å². The number of methoxy groups -OCH3 is 2. The smallest absolute Gasteiger partial charge is 0.773 e. The Morgan fingerprint density at radius 3 is 1.81 bits per heavy atom. The maximum absolute atomic E-state index is 10.7. The first kappa shape index (κ1) is 19.4. The molecule has 0 heterocycles. The van der Waals surface area contributed by atoms with E-state index in [0.717, 1.165) is 0 Å². The van der Waals surface area contributed by atoms with Gasteiger partial charge in [-0.2, -0.15) is 0 Å². The Bertz CT molecular complexity index is 150. The Morgan fingerprint density at radius 2 is 1.50 bits per heavy atom. The maximum Gasteiger partial charge on any atom is 1.00 e. The number of hydrogen-bond donors (Lipinski definition) is 2. The first-order chi connectivity index (χ1) is 6.99. The predicted octanol–water partition coefficient (Wildman–Crippen LogP) is -2.53. The number of nitrogens with zero attached hydrogens (tertiary/aromatic N) is 1. The van der Waals surface area contributed by atoms with Crippen LogP contribution < -0.4 is 29.6 Å². The summed E-state index contributed by atoms with van der Waals surface area (Å²) >= 11 is 0. The fourth-order valence-corrected chi connectivity index (χ4v) is 1.52. The van der Waals surface area contributed by atoms with Crippen LogP contribution in [0.15, 0.2) is 0 Å². The summed E-state index contributed by atoms with van der Waals surface area (Å²) < 4.78 is 37.9. The largest absolute Gasteiger partial charge is 1.00 e. The molecular weight excluding hydrogens is 245 g/mol. The molecule has 16 heavy (non-hydrogen) atoms. The van der Waals surface area contributed by atoms with Crippen LogP contribution in [-0.2, 0) is 9.47 Å². The molecule has 0 bridgehead atoms. The summed E-state index contributed by atoms with van der Waals surface area (Å²) in [5.41, 5.74) is 0. The fraction of sp³-hybridized carbons (Fsp3) is 1.00. The number of rotatable bonds is 9. The van der Waals surface area contributed by atoms with Crippen molar-refractivity contribution >= 4 is 10.9 Å². The third kappa shape index (κ3) is 13.2. The van der Waals surface area contributed by atoms with Crippen LogP contribution in [0.2, 0.25) is 0 Å². The van der Waals surface area contributed by atoms with E-state index < -0.39 is 10.9 Å². The molecule has 0 aliphatic rings. The van der Waals surface area contributed by atoms with Gasteiger partial charge in [-0.25, -0.2) is 0 Å². The molecule has 0 aromatic heterocycles. The second-order valence-electron chi connectivity index (χ2n) is 3.14. The average Bonchev–Trinajstić information content (AvgIpc) is 2.15. The Balaban J connectivity index is 0. The molecule has 0 atom stereocenters. The van der Waals surface area contributed by atoms with E-state index in [4.69, 9.17) is 18.6 Å². The van der Waals surface area contributed by atoms with Crippen LogP contribution in [0.3, 0.4) is 0 Å². The predicted molar refractivity (Wildman–Crippen MR) is 58.7 cm³/mol. The van der Waals surface area contributed by atoms with Gasteiger partial charge in [0.15, 0.2) is 0 Å². The standard InChI is InChI=1S/C8H21NO5S.Na/c1-13-6-3-9(4-7-14-2)5-8-15(10,11)12;/h10-12H,3-8H2,1-2H3;/q;+1/p-1. The molecule has 0 aliphatic carbocycles. The second kappa shape index (κ2) is 11.2. The summed E-state index contributed by atoms with van der Waals surface area (Å²) in [5, 5.41) is 0. The zero-order chi connectivity index (χ0) is 11.7. The van der Waals surface area contributed by atoms with Crippen LogP contribution in [0.4, 0.5) is 0 Å². The van der Waals surface area contributed by atoms with Crippen LogP contribution in [0.25, 0.3) is 0 Å². The van der Waals surface area contributed by atoms with Gasteiger partial charge in [0.05, 0.1) is 13.2 Å². The molecule has 0 unspecified atom stereocenters. The van der Waals surface area contributed by atoms with Gasteiger partial charge in [-0.15, -0.1) is 10.9 Å². The minimum Gasteiger partial charge on any atom is -0.773 e. The van der Waals surface area contributed by atoms with Crippen molar-refractivity contribution in [2.75, 3.05) is 52.8 Å². The van der Waals surface area contributed by atoms with Crippen LogP contribution in [-0.4, -0.2) is 71.4 Å². The van der Waals surface area contributed by atoms with Crippen molar-refractivity contribution in [3.05, 3.63) is 0 Å². The summed E-state index contributed by atoms with van der Waals surface area (Å²) in [4.78, 5) is 1.90. The molecule has 0 spiro atoms. The quantitative estimate of drug-likeness (QED) is 0.447. The topological polar surface area (TPSA) is 85.2 Å². The summed E-state index contributed by atoms with van der Waals surface area (Å²) in [6.45, 7) is 2.73. The van der Waals surface area contributed by atoms with Gasteiger partial charge in [-0.3, -0.25) is 4.90 Å². The maximum atomic E-state index is 10.7. The van der Waals surface area contributed by atoms with Crippen molar-refractivity contribution in [1.29, 1.82) is 0 Å². The van der Waals surface area contributed by atoms with Crippen LogP contribution >= 0.6 is 10.9 Å². The number of ether oxygens (including phenoxy) is 2. The zero-order valence-electron chi connectivity index (χ0n) is 10.2. The molecule has 0 radical (unpaired) electrons.